The van der Waals surface area contributed by atoms with Gasteiger partial charge in [-0.15, -0.1) is 0 Å². The van der Waals surface area contributed by atoms with Crippen LogP contribution in [0.15, 0.2) is 4.99 Å². The maximum Gasteiger partial charge on any atom is 0.403 e. The number of hydrogen-bond donors (Lipinski definition) is 1. The van der Waals surface area contributed by atoms with Gasteiger partial charge in [0, 0.05) is 53.0 Å². The number of nitrogens with one attached hydrogen (secondary N) is 1. The molecule has 0 aromatic carbocycles. The number of halogens is 3. The van der Waals surface area contributed by atoms with E-state index in [9.17, 15) is 13.2 Å². The summed E-state index contributed by atoms with van der Waals surface area (Å²) in [6.45, 7) is 9.50. The minimum Gasteiger partial charge on any atom is -0.381 e. The second-order valence-corrected chi connectivity index (χ2v) is 6.54. The molecule has 1 aliphatic heterocycles. The average Bonchev–Trinajstić information content (AvgIpc) is 2.52. The van der Waals surface area contributed by atoms with Crippen LogP contribution in [0.1, 0.15) is 27.2 Å². The van der Waals surface area contributed by atoms with E-state index in [-0.39, 0.29) is 0 Å². The second-order valence-electron chi connectivity index (χ2n) is 6.54. The summed E-state index contributed by atoms with van der Waals surface area (Å²) in [4.78, 5) is 7.71. The summed E-state index contributed by atoms with van der Waals surface area (Å²) in [7, 11) is 1.70. The Morgan fingerprint density at radius 1 is 1.17 bits per heavy atom. The Hall–Kier alpha value is -1.02. The van der Waals surface area contributed by atoms with E-state index in [4.69, 9.17) is 4.74 Å². The van der Waals surface area contributed by atoms with Crippen LogP contribution in [-0.4, -0.2) is 81.0 Å². The van der Waals surface area contributed by atoms with Gasteiger partial charge in [0.15, 0.2) is 5.96 Å². The first-order valence-electron chi connectivity index (χ1n) is 8.59. The molecule has 0 spiro atoms. The highest BCUT2D eigenvalue weighted by Gasteiger charge is 2.41. The Morgan fingerprint density at radius 2 is 1.79 bits per heavy atom. The van der Waals surface area contributed by atoms with Crippen LogP contribution in [0.2, 0.25) is 0 Å². The van der Waals surface area contributed by atoms with Crippen molar-refractivity contribution in [1.29, 1.82) is 0 Å². The highest BCUT2D eigenvalue weighted by Crippen LogP contribution is 2.25. The fourth-order valence-corrected chi connectivity index (χ4v) is 2.55. The van der Waals surface area contributed by atoms with E-state index in [0.29, 0.717) is 38.7 Å². The number of nitrogens with zero attached hydrogens (tertiary/aromatic N) is 3. The number of aliphatic imine (C=N–C) groups is 1. The lowest BCUT2D eigenvalue weighted by Crippen LogP contribution is -2.56. The van der Waals surface area contributed by atoms with Crippen LogP contribution in [-0.2, 0) is 4.74 Å². The Labute approximate surface area is 143 Å². The quantitative estimate of drug-likeness (QED) is 0.433. The predicted octanol–water partition coefficient (Wildman–Crippen LogP) is 2.19. The van der Waals surface area contributed by atoms with E-state index in [2.05, 4.69) is 24.2 Å². The van der Waals surface area contributed by atoms with Crippen LogP contribution < -0.4 is 5.32 Å². The Bertz CT molecular complexity index is 380. The third-order valence-electron chi connectivity index (χ3n) is 4.05. The van der Waals surface area contributed by atoms with Gasteiger partial charge in [-0.05, 0) is 19.3 Å². The summed E-state index contributed by atoms with van der Waals surface area (Å²) in [6.07, 6.45) is -3.30. The summed E-state index contributed by atoms with van der Waals surface area (Å²) in [6, 6.07) is -1.40. The molecule has 142 valence electrons. The summed E-state index contributed by atoms with van der Waals surface area (Å²) < 4.78 is 43.8. The van der Waals surface area contributed by atoms with Crippen LogP contribution >= 0.6 is 0 Å². The smallest absolute Gasteiger partial charge is 0.381 e. The molecule has 0 bridgehead atoms. The molecule has 0 radical (unpaired) electrons. The highest BCUT2D eigenvalue weighted by molar-refractivity contribution is 5.79. The lowest BCUT2D eigenvalue weighted by Gasteiger charge is -2.39. The van der Waals surface area contributed by atoms with Gasteiger partial charge in [0.25, 0.3) is 0 Å². The molecule has 1 unspecified atom stereocenters. The number of hydrogen-bond acceptors (Lipinski definition) is 3. The third-order valence-corrected chi connectivity index (χ3v) is 4.05. The van der Waals surface area contributed by atoms with Crippen LogP contribution in [0.25, 0.3) is 0 Å². The van der Waals surface area contributed by atoms with Gasteiger partial charge in [-0.25, -0.2) is 0 Å². The van der Waals surface area contributed by atoms with Crippen molar-refractivity contribution in [3.05, 3.63) is 0 Å². The SMILES string of the molecule is CN=C(NCCCOCC(C)C)N1CCN(C(C)C(F)(F)F)CC1. The molecule has 0 aromatic heterocycles. The molecule has 1 atom stereocenters. The van der Waals surface area contributed by atoms with E-state index in [1.807, 2.05) is 4.90 Å². The van der Waals surface area contributed by atoms with Crippen molar-refractivity contribution in [3.63, 3.8) is 0 Å². The number of guanidine groups is 1. The van der Waals surface area contributed by atoms with Crippen molar-refractivity contribution in [2.24, 2.45) is 10.9 Å². The lowest BCUT2D eigenvalue weighted by atomic mass is 10.2. The van der Waals surface area contributed by atoms with Crippen LogP contribution in [0.4, 0.5) is 13.2 Å². The molecular formula is C16H31F3N4O. The average molecular weight is 352 g/mol. The number of alkyl halides is 3. The molecule has 1 N–H and O–H groups in total. The van der Waals surface area contributed by atoms with Gasteiger partial charge in [0.05, 0.1) is 0 Å². The molecule has 1 fully saturated rings. The van der Waals surface area contributed by atoms with Gasteiger partial charge in [0.2, 0.25) is 0 Å². The molecule has 0 saturated carbocycles. The van der Waals surface area contributed by atoms with Crippen LogP contribution in [0.5, 0.6) is 0 Å². The van der Waals surface area contributed by atoms with Gasteiger partial charge in [0.1, 0.15) is 6.04 Å². The van der Waals surface area contributed by atoms with Crippen molar-refractivity contribution in [2.45, 2.75) is 39.4 Å². The maximum absolute atomic E-state index is 12.8. The van der Waals surface area contributed by atoms with E-state index in [1.54, 1.807) is 7.05 Å². The fraction of sp³-hybridized carbons (Fsp3) is 0.938. The standard InChI is InChI=1S/C16H31F3N4O/c1-13(2)12-24-11-5-6-21-15(20-4)23-9-7-22(8-10-23)14(3)16(17,18)19/h13-14H,5-12H2,1-4H3,(H,20,21). The molecule has 8 heteroatoms. The van der Waals surface area contributed by atoms with Crippen LogP contribution in [0.3, 0.4) is 0 Å². The minimum absolute atomic E-state index is 0.388. The molecular weight excluding hydrogens is 321 g/mol. The topological polar surface area (TPSA) is 40.1 Å². The summed E-state index contributed by atoms with van der Waals surface area (Å²) in [5.74, 6) is 1.28. The molecule has 0 amide bonds. The zero-order chi connectivity index (χ0) is 18.2. The Kier molecular flexibility index (Phi) is 8.83. The number of ether oxygens (including phenoxy) is 1. The van der Waals surface area contributed by atoms with Gasteiger partial charge in [-0.1, -0.05) is 13.8 Å². The van der Waals surface area contributed by atoms with Gasteiger partial charge in [-0.3, -0.25) is 9.89 Å². The van der Waals surface area contributed by atoms with Gasteiger partial charge in [-0.2, -0.15) is 13.2 Å². The Balaban J connectivity index is 2.29. The second kappa shape index (κ2) is 10.1. The predicted molar refractivity (Wildman–Crippen MR) is 90.3 cm³/mol. The first-order chi connectivity index (χ1) is 11.3. The van der Waals surface area contributed by atoms with Crippen molar-refractivity contribution in [3.8, 4) is 0 Å². The largest absolute Gasteiger partial charge is 0.403 e. The van der Waals surface area contributed by atoms with Crippen molar-refractivity contribution in [1.82, 2.24) is 15.1 Å². The van der Waals surface area contributed by atoms with E-state index in [1.165, 1.54) is 11.8 Å². The highest BCUT2D eigenvalue weighted by atomic mass is 19.4. The van der Waals surface area contributed by atoms with E-state index >= 15 is 0 Å². The zero-order valence-electron chi connectivity index (χ0n) is 15.2. The van der Waals surface area contributed by atoms with Crippen molar-refractivity contribution >= 4 is 5.96 Å². The Morgan fingerprint density at radius 3 is 2.29 bits per heavy atom. The summed E-state index contributed by atoms with van der Waals surface area (Å²) in [5, 5.41) is 3.26. The first-order valence-corrected chi connectivity index (χ1v) is 8.59. The maximum atomic E-state index is 12.8. The van der Waals surface area contributed by atoms with E-state index < -0.39 is 12.2 Å². The molecule has 24 heavy (non-hydrogen) atoms. The van der Waals surface area contributed by atoms with Crippen molar-refractivity contribution in [2.75, 3.05) is 53.0 Å². The number of piperazine rings is 1. The molecule has 0 aromatic rings. The lowest BCUT2D eigenvalue weighted by molar-refractivity contribution is -0.181. The molecule has 1 saturated heterocycles. The zero-order valence-corrected chi connectivity index (χ0v) is 15.2. The van der Waals surface area contributed by atoms with E-state index in [0.717, 1.165) is 25.5 Å². The summed E-state index contributed by atoms with van der Waals surface area (Å²) >= 11 is 0. The number of rotatable bonds is 7. The molecule has 0 aliphatic carbocycles. The van der Waals surface area contributed by atoms with Crippen LogP contribution in [0, 0.1) is 5.92 Å². The third kappa shape index (κ3) is 7.25. The van der Waals surface area contributed by atoms with Gasteiger partial charge < -0.3 is 15.0 Å². The normalized spacial score (nSPS) is 19.0. The fourth-order valence-electron chi connectivity index (χ4n) is 2.55. The van der Waals surface area contributed by atoms with Gasteiger partial charge >= 0.3 is 6.18 Å². The minimum atomic E-state index is -4.17. The molecule has 1 heterocycles. The summed E-state index contributed by atoms with van der Waals surface area (Å²) in [5.41, 5.74) is 0. The first kappa shape index (κ1) is 21.0. The molecule has 1 aliphatic rings. The molecule has 5 nitrogen and oxygen atoms in total. The molecule has 1 rings (SSSR count). The van der Waals surface area contributed by atoms with Crippen molar-refractivity contribution < 1.29 is 17.9 Å². The monoisotopic (exact) mass is 352 g/mol.